The van der Waals surface area contributed by atoms with Crippen molar-refractivity contribution in [3.63, 3.8) is 0 Å². The van der Waals surface area contributed by atoms with Gasteiger partial charge >= 0.3 is 5.97 Å². The number of aromatic nitrogens is 1. The van der Waals surface area contributed by atoms with Gasteiger partial charge in [0.25, 0.3) is 6.01 Å². The second-order valence-electron chi connectivity index (χ2n) is 3.06. The molecule has 1 saturated heterocycles. The van der Waals surface area contributed by atoms with E-state index in [0.29, 0.717) is 6.01 Å². The summed E-state index contributed by atoms with van der Waals surface area (Å²) >= 11 is 0. The number of carboxylic acid groups (broad SMARTS) is 1. The van der Waals surface area contributed by atoms with Crippen LogP contribution in [0, 0.1) is 0 Å². The Morgan fingerprint density at radius 3 is 2.86 bits per heavy atom. The van der Waals surface area contributed by atoms with Gasteiger partial charge in [-0.1, -0.05) is 0 Å². The SMILES string of the molecule is O=C(O)c1coc(N2CCNCC2)n1. The average molecular weight is 197 g/mol. The Kier molecular flexibility index (Phi) is 2.36. The van der Waals surface area contributed by atoms with Crippen molar-refractivity contribution in [2.45, 2.75) is 0 Å². The van der Waals surface area contributed by atoms with Crippen LogP contribution in [0.3, 0.4) is 0 Å². The summed E-state index contributed by atoms with van der Waals surface area (Å²) in [4.78, 5) is 16.3. The van der Waals surface area contributed by atoms with E-state index in [1.54, 1.807) is 0 Å². The number of nitrogens with zero attached hydrogens (tertiary/aromatic N) is 2. The zero-order chi connectivity index (χ0) is 9.97. The van der Waals surface area contributed by atoms with Crippen LogP contribution in [0.5, 0.6) is 0 Å². The molecule has 1 aromatic rings. The highest BCUT2D eigenvalue weighted by Gasteiger charge is 2.17. The molecule has 2 heterocycles. The fraction of sp³-hybridized carbons (Fsp3) is 0.500. The maximum Gasteiger partial charge on any atom is 0.357 e. The van der Waals surface area contributed by atoms with Crippen LogP contribution in [0.15, 0.2) is 10.7 Å². The number of hydrogen-bond donors (Lipinski definition) is 2. The Balaban J connectivity index is 2.11. The second kappa shape index (κ2) is 3.67. The Morgan fingerprint density at radius 1 is 1.57 bits per heavy atom. The van der Waals surface area contributed by atoms with E-state index in [0.717, 1.165) is 26.2 Å². The van der Waals surface area contributed by atoms with Gasteiger partial charge in [-0.05, 0) is 0 Å². The number of aromatic carboxylic acids is 1. The van der Waals surface area contributed by atoms with Crippen molar-refractivity contribution in [3.05, 3.63) is 12.0 Å². The summed E-state index contributed by atoms with van der Waals surface area (Å²) in [7, 11) is 0. The first-order chi connectivity index (χ1) is 6.77. The van der Waals surface area contributed by atoms with Gasteiger partial charge in [0, 0.05) is 26.2 Å². The van der Waals surface area contributed by atoms with Crippen LogP contribution in [-0.4, -0.2) is 42.2 Å². The molecule has 0 unspecified atom stereocenters. The average Bonchev–Trinajstić information content (AvgIpc) is 2.68. The fourth-order valence-corrected chi connectivity index (χ4v) is 1.36. The summed E-state index contributed by atoms with van der Waals surface area (Å²) in [5.74, 6) is -1.06. The molecule has 1 aliphatic heterocycles. The Labute approximate surface area is 80.5 Å². The number of rotatable bonds is 2. The van der Waals surface area contributed by atoms with Crippen molar-refractivity contribution in [3.8, 4) is 0 Å². The Bertz CT molecular complexity index is 330. The standard InChI is InChI=1S/C8H11N3O3/c12-7(13)6-5-14-8(10-6)11-3-1-9-2-4-11/h5,9H,1-4H2,(H,12,13). The van der Waals surface area contributed by atoms with Crippen LogP contribution >= 0.6 is 0 Å². The summed E-state index contributed by atoms with van der Waals surface area (Å²) in [6.45, 7) is 3.31. The number of nitrogens with one attached hydrogen (secondary N) is 1. The van der Waals surface area contributed by atoms with Gasteiger partial charge in [-0.3, -0.25) is 0 Å². The van der Waals surface area contributed by atoms with E-state index in [1.807, 2.05) is 4.90 Å². The Hall–Kier alpha value is -1.56. The molecule has 6 nitrogen and oxygen atoms in total. The first-order valence-electron chi connectivity index (χ1n) is 4.42. The predicted octanol–water partition coefficient (Wildman–Crippen LogP) is -0.218. The third-order valence-corrected chi connectivity index (χ3v) is 2.10. The number of hydrogen-bond acceptors (Lipinski definition) is 5. The van der Waals surface area contributed by atoms with Crippen molar-refractivity contribution in [2.75, 3.05) is 31.1 Å². The third-order valence-electron chi connectivity index (χ3n) is 2.10. The lowest BCUT2D eigenvalue weighted by molar-refractivity contribution is 0.0690. The topological polar surface area (TPSA) is 78.6 Å². The zero-order valence-electron chi connectivity index (χ0n) is 7.56. The van der Waals surface area contributed by atoms with Gasteiger partial charge in [0.1, 0.15) is 6.26 Å². The molecule has 76 valence electrons. The van der Waals surface area contributed by atoms with E-state index < -0.39 is 5.97 Å². The first-order valence-corrected chi connectivity index (χ1v) is 4.42. The number of carboxylic acids is 1. The minimum absolute atomic E-state index is 0.0430. The summed E-state index contributed by atoms with van der Waals surface area (Å²) in [5.41, 5.74) is -0.0430. The minimum atomic E-state index is -1.06. The maximum atomic E-state index is 10.5. The highest BCUT2D eigenvalue weighted by atomic mass is 16.4. The van der Waals surface area contributed by atoms with Crippen LogP contribution < -0.4 is 10.2 Å². The van der Waals surface area contributed by atoms with E-state index in [9.17, 15) is 4.79 Å². The van der Waals surface area contributed by atoms with Crippen LogP contribution in [0.25, 0.3) is 0 Å². The number of piperazine rings is 1. The summed E-state index contributed by atoms with van der Waals surface area (Å²) < 4.78 is 5.07. The molecule has 1 aliphatic rings. The third kappa shape index (κ3) is 1.69. The van der Waals surface area contributed by atoms with Crippen molar-refractivity contribution >= 4 is 12.0 Å². The van der Waals surface area contributed by atoms with Gasteiger partial charge in [0.15, 0.2) is 5.69 Å². The Morgan fingerprint density at radius 2 is 2.29 bits per heavy atom. The highest BCUT2D eigenvalue weighted by molar-refractivity contribution is 5.85. The van der Waals surface area contributed by atoms with Crippen molar-refractivity contribution < 1.29 is 14.3 Å². The van der Waals surface area contributed by atoms with E-state index in [2.05, 4.69) is 10.3 Å². The van der Waals surface area contributed by atoms with Crippen LogP contribution in [0.4, 0.5) is 6.01 Å². The normalized spacial score (nSPS) is 17.0. The van der Waals surface area contributed by atoms with E-state index in [-0.39, 0.29) is 5.69 Å². The molecular weight excluding hydrogens is 186 g/mol. The van der Waals surface area contributed by atoms with Crippen LogP contribution in [-0.2, 0) is 0 Å². The molecule has 0 saturated carbocycles. The molecule has 0 spiro atoms. The smallest absolute Gasteiger partial charge is 0.357 e. The highest BCUT2D eigenvalue weighted by Crippen LogP contribution is 2.13. The predicted molar refractivity (Wildman–Crippen MR) is 48.5 cm³/mol. The van der Waals surface area contributed by atoms with Gasteiger partial charge in [0.2, 0.25) is 0 Å². The molecule has 1 fully saturated rings. The monoisotopic (exact) mass is 197 g/mol. The van der Waals surface area contributed by atoms with Crippen LogP contribution in [0.1, 0.15) is 10.5 Å². The molecule has 6 heteroatoms. The van der Waals surface area contributed by atoms with Gasteiger partial charge in [0.05, 0.1) is 0 Å². The fourth-order valence-electron chi connectivity index (χ4n) is 1.36. The molecule has 2 N–H and O–H groups in total. The van der Waals surface area contributed by atoms with E-state index in [1.165, 1.54) is 6.26 Å². The van der Waals surface area contributed by atoms with Gasteiger partial charge in [-0.15, -0.1) is 0 Å². The van der Waals surface area contributed by atoms with Gasteiger partial charge in [-0.25, -0.2) is 4.79 Å². The van der Waals surface area contributed by atoms with Crippen molar-refractivity contribution in [1.82, 2.24) is 10.3 Å². The van der Waals surface area contributed by atoms with Gasteiger partial charge < -0.3 is 19.7 Å². The molecule has 0 aliphatic carbocycles. The van der Waals surface area contributed by atoms with Crippen LogP contribution in [0.2, 0.25) is 0 Å². The lowest BCUT2D eigenvalue weighted by Gasteiger charge is -2.25. The largest absolute Gasteiger partial charge is 0.476 e. The molecular formula is C8H11N3O3. The minimum Gasteiger partial charge on any atom is -0.476 e. The molecule has 0 amide bonds. The maximum absolute atomic E-state index is 10.5. The number of anilines is 1. The molecule has 14 heavy (non-hydrogen) atoms. The van der Waals surface area contributed by atoms with E-state index >= 15 is 0 Å². The quantitative estimate of drug-likeness (QED) is 0.682. The molecule has 0 radical (unpaired) electrons. The molecule has 0 aromatic carbocycles. The molecule has 0 bridgehead atoms. The summed E-state index contributed by atoms with van der Waals surface area (Å²) in [6, 6.07) is 0.393. The summed E-state index contributed by atoms with van der Waals surface area (Å²) in [5, 5.41) is 11.8. The molecule has 0 atom stereocenters. The number of oxazole rings is 1. The van der Waals surface area contributed by atoms with Gasteiger partial charge in [-0.2, -0.15) is 4.98 Å². The lowest BCUT2D eigenvalue weighted by Crippen LogP contribution is -2.43. The summed E-state index contributed by atoms with van der Waals surface area (Å²) in [6.07, 6.45) is 1.17. The lowest BCUT2D eigenvalue weighted by atomic mass is 10.4. The zero-order valence-corrected chi connectivity index (χ0v) is 7.56. The second-order valence-corrected chi connectivity index (χ2v) is 3.06. The van der Waals surface area contributed by atoms with Crippen molar-refractivity contribution in [2.24, 2.45) is 0 Å². The van der Waals surface area contributed by atoms with Crippen molar-refractivity contribution in [1.29, 1.82) is 0 Å². The first kappa shape index (κ1) is 9.01. The number of carbonyl (C=O) groups is 1. The molecule has 1 aromatic heterocycles. The van der Waals surface area contributed by atoms with E-state index in [4.69, 9.17) is 9.52 Å². The molecule has 2 rings (SSSR count).